The van der Waals surface area contributed by atoms with Crippen LogP contribution in [0.3, 0.4) is 0 Å². The fourth-order valence-corrected chi connectivity index (χ4v) is 2.74. The quantitative estimate of drug-likeness (QED) is 0.643. The van der Waals surface area contributed by atoms with E-state index in [1.54, 1.807) is 0 Å². The van der Waals surface area contributed by atoms with Gasteiger partial charge in [-0.3, -0.25) is 4.79 Å². The Morgan fingerprint density at radius 2 is 2.33 bits per heavy atom. The van der Waals surface area contributed by atoms with Gasteiger partial charge in [-0.1, -0.05) is 20.3 Å². The van der Waals surface area contributed by atoms with Crippen LogP contribution in [0.5, 0.6) is 0 Å². The number of carbonyl (C=O) groups excluding carboxylic acids is 1. The van der Waals surface area contributed by atoms with Crippen LogP contribution in [0.1, 0.15) is 46.0 Å². The van der Waals surface area contributed by atoms with Gasteiger partial charge >= 0.3 is 0 Å². The molecule has 4 nitrogen and oxygen atoms in total. The summed E-state index contributed by atoms with van der Waals surface area (Å²) in [6.07, 6.45) is 4.83. The minimum Gasteiger partial charge on any atom is -0.396 e. The minimum absolute atomic E-state index is 0.193. The first kappa shape index (κ1) is 15.4. The summed E-state index contributed by atoms with van der Waals surface area (Å²) in [4.78, 5) is 12.4. The van der Waals surface area contributed by atoms with E-state index in [0.717, 1.165) is 45.2 Å². The molecular weight excluding hydrogens is 228 g/mol. The van der Waals surface area contributed by atoms with Crippen molar-refractivity contribution in [3.63, 3.8) is 0 Å². The summed E-state index contributed by atoms with van der Waals surface area (Å²) in [5, 5.41) is 15.3. The Hall–Kier alpha value is -0.610. The summed E-state index contributed by atoms with van der Waals surface area (Å²) in [7, 11) is 0. The maximum atomic E-state index is 12.4. The zero-order chi connectivity index (χ0) is 13.4. The van der Waals surface area contributed by atoms with Gasteiger partial charge in [0.15, 0.2) is 0 Å². The first-order valence-electron chi connectivity index (χ1n) is 7.24. The number of nitrogens with one attached hydrogen (secondary N) is 2. The molecule has 1 amide bonds. The molecule has 1 fully saturated rings. The standard InChI is InChI=1S/C14H28N2O2/c1-3-6-14(7-4-8-15-11-14)13(18)16-10-12(2)5-9-17/h12,15,17H,3-11H2,1-2H3,(H,16,18). The van der Waals surface area contributed by atoms with E-state index < -0.39 is 0 Å². The molecule has 1 aliphatic rings. The SMILES string of the molecule is CCCC1(C(=O)NCC(C)CCO)CCCNC1. The third-order valence-electron chi connectivity index (χ3n) is 3.92. The first-order valence-corrected chi connectivity index (χ1v) is 7.24. The molecule has 2 unspecified atom stereocenters. The third kappa shape index (κ3) is 4.25. The highest BCUT2D eigenvalue weighted by Gasteiger charge is 2.38. The minimum atomic E-state index is -0.202. The van der Waals surface area contributed by atoms with Crippen LogP contribution in [-0.4, -0.2) is 37.3 Å². The molecule has 0 aliphatic carbocycles. The lowest BCUT2D eigenvalue weighted by Crippen LogP contribution is -2.51. The van der Waals surface area contributed by atoms with Crippen LogP contribution in [0.15, 0.2) is 0 Å². The topological polar surface area (TPSA) is 61.4 Å². The van der Waals surface area contributed by atoms with Crippen molar-refractivity contribution in [1.82, 2.24) is 10.6 Å². The zero-order valence-corrected chi connectivity index (χ0v) is 11.8. The molecule has 2 atom stereocenters. The molecule has 0 aromatic carbocycles. The lowest BCUT2D eigenvalue weighted by molar-refractivity contribution is -0.132. The number of aliphatic hydroxyl groups excluding tert-OH is 1. The molecule has 0 radical (unpaired) electrons. The highest BCUT2D eigenvalue weighted by Crippen LogP contribution is 2.31. The van der Waals surface area contributed by atoms with Crippen molar-refractivity contribution in [2.75, 3.05) is 26.2 Å². The second kappa shape index (κ2) is 7.74. The monoisotopic (exact) mass is 256 g/mol. The molecule has 0 spiro atoms. The Kier molecular flexibility index (Phi) is 6.65. The van der Waals surface area contributed by atoms with E-state index in [1.165, 1.54) is 0 Å². The summed E-state index contributed by atoms with van der Waals surface area (Å²) >= 11 is 0. The third-order valence-corrected chi connectivity index (χ3v) is 3.92. The summed E-state index contributed by atoms with van der Waals surface area (Å²) in [5.74, 6) is 0.538. The van der Waals surface area contributed by atoms with Gasteiger partial charge in [0.1, 0.15) is 0 Å². The van der Waals surface area contributed by atoms with Crippen LogP contribution in [0.25, 0.3) is 0 Å². The molecule has 3 N–H and O–H groups in total. The highest BCUT2D eigenvalue weighted by molar-refractivity contribution is 5.83. The highest BCUT2D eigenvalue weighted by atomic mass is 16.3. The van der Waals surface area contributed by atoms with Crippen molar-refractivity contribution in [3.8, 4) is 0 Å². The van der Waals surface area contributed by atoms with Crippen molar-refractivity contribution < 1.29 is 9.90 Å². The average molecular weight is 256 g/mol. The summed E-state index contributed by atoms with van der Waals surface area (Å²) in [5.41, 5.74) is -0.202. The first-order chi connectivity index (χ1) is 8.64. The van der Waals surface area contributed by atoms with Crippen LogP contribution in [0.2, 0.25) is 0 Å². The lowest BCUT2D eigenvalue weighted by Gasteiger charge is -2.36. The van der Waals surface area contributed by atoms with Crippen molar-refractivity contribution in [3.05, 3.63) is 0 Å². The van der Waals surface area contributed by atoms with Gasteiger partial charge in [0, 0.05) is 19.7 Å². The molecule has 1 saturated heterocycles. The molecular formula is C14H28N2O2. The van der Waals surface area contributed by atoms with E-state index in [2.05, 4.69) is 24.5 Å². The Balaban J connectivity index is 2.49. The van der Waals surface area contributed by atoms with Gasteiger partial charge < -0.3 is 15.7 Å². The van der Waals surface area contributed by atoms with Gasteiger partial charge in [-0.05, 0) is 38.1 Å². The Labute approximate surface area is 111 Å². The van der Waals surface area contributed by atoms with Crippen molar-refractivity contribution in [2.45, 2.75) is 46.0 Å². The van der Waals surface area contributed by atoms with E-state index in [-0.39, 0.29) is 17.9 Å². The van der Waals surface area contributed by atoms with E-state index in [1.807, 2.05) is 0 Å². The summed E-state index contributed by atoms with van der Waals surface area (Å²) < 4.78 is 0. The molecule has 106 valence electrons. The number of carbonyl (C=O) groups is 1. The maximum absolute atomic E-state index is 12.4. The van der Waals surface area contributed by atoms with Gasteiger partial charge in [0.25, 0.3) is 0 Å². The largest absolute Gasteiger partial charge is 0.396 e. The normalized spacial score (nSPS) is 25.7. The summed E-state index contributed by atoms with van der Waals surface area (Å²) in [6, 6.07) is 0. The lowest BCUT2D eigenvalue weighted by atomic mass is 9.76. The molecule has 0 aromatic heterocycles. The second-order valence-corrected chi connectivity index (χ2v) is 5.64. The number of amides is 1. The Bertz CT molecular complexity index is 245. The van der Waals surface area contributed by atoms with E-state index in [4.69, 9.17) is 5.11 Å². The molecule has 1 rings (SSSR count). The van der Waals surface area contributed by atoms with Crippen LogP contribution in [-0.2, 0) is 4.79 Å². The number of rotatable bonds is 7. The molecule has 0 bridgehead atoms. The van der Waals surface area contributed by atoms with Crippen molar-refractivity contribution >= 4 is 5.91 Å². The number of aliphatic hydroxyl groups is 1. The molecule has 1 heterocycles. The fraction of sp³-hybridized carbons (Fsp3) is 0.929. The van der Waals surface area contributed by atoms with Crippen LogP contribution >= 0.6 is 0 Å². The molecule has 18 heavy (non-hydrogen) atoms. The van der Waals surface area contributed by atoms with Crippen LogP contribution in [0, 0.1) is 11.3 Å². The Morgan fingerprint density at radius 1 is 1.56 bits per heavy atom. The Morgan fingerprint density at radius 3 is 2.89 bits per heavy atom. The van der Waals surface area contributed by atoms with Crippen LogP contribution in [0.4, 0.5) is 0 Å². The number of hydrogen-bond acceptors (Lipinski definition) is 3. The van der Waals surface area contributed by atoms with E-state index in [9.17, 15) is 4.79 Å². The average Bonchev–Trinajstić information content (AvgIpc) is 2.38. The van der Waals surface area contributed by atoms with Crippen molar-refractivity contribution in [2.24, 2.45) is 11.3 Å². The van der Waals surface area contributed by atoms with Gasteiger partial charge in [0.05, 0.1) is 5.41 Å². The molecule has 0 saturated carbocycles. The van der Waals surface area contributed by atoms with Gasteiger partial charge in [-0.15, -0.1) is 0 Å². The van der Waals surface area contributed by atoms with Gasteiger partial charge in [0.2, 0.25) is 5.91 Å². The summed E-state index contributed by atoms with van der Waals surface area (Å²) in [6.45, 7) is 6.89. The predicted octanol–water partition coefficient (Wildman–Crippen LogP) is 1.29. The van der Waals surface area contributed by atoms with Crippen LogP contribution < -0.4 is 10.6 Å². The molecule has 0 aromatic rings. The second-order valence-electron chi connectivity index (χ2n) is 5.64. The molecule has 1 aliphatic heterocycles. The van der Waals surface area contributed by atoms with Crippen molar-refractivity contribution in [1.29, 1.82) is 0 Å². The number of piperidine rings is 1. The zero-order valence-electron chi connectivity index (χ0n) is 11.8. The number of hydrogen-bond donors (Lipinski definition) is 3. The van der Waals surface area contributed by atoms with E-state index >= 15 is 0 Å². The maximum Gasteiger partial charge on any atom is 0.227 e. The smallest absolute Gasteiger partial charge is 0.227 e. The molecule has 4 heteroatoms. The van der Waals surface area contributed by atoms with Gasteiger partial charge in [-0.25, -0.2) is 0 Å². The van der Waals surface area contributed by atoms with E-state index in [0.29, 0.717) is 12.5 Å². The fourth-order valence-electron chi connectivity index (χ4n) is 2.74. The van der Waals surface area contributed by atoms with Gasteiger partial charge in [-0.2, -0.15) is 0 Å². The predicted molar refractivity (Wildman–Crippen MR) is 73.3 cm³/mol.